The molecule has 0 bridgehead atoms. The maximum atomic E-state index is 14.4. The molecule has 0 spiro atoms. The van der Waals surface area contributed by atoms with Gasteiger partial charge in [0.15, 0.2) is 6.10 Å². The highest BCUT2D eigenvalue weighted by molar-refractivity contribution is 5.94. The zero-order valence-corrected chi connectivity index (χ0v) is 30.5. The number of nitrogens with two attached hydrogens (primary N) is 1. The smallest absolute Gasteiger partial charge is 0.329 e. The van der Waals surface area contributed by atoms with Crippen LogP contribution in [0, 0.1) is 40.9 Å². The summed E-state index contributed by atoms with van der Waals surface area (Å²) in [7, 11) is 0. The lowest BCUT2D eigenvalue weighted by molar-refractivity contribution is -0.152. The molecule has 1 saturated heterocycles. The van der Waals surface area contributed by atoms with E-state index in [0.29, 0.717) is 19.3 Å². The van der Waals surface area contributed by atoms with Gasteiger partial charge in [0.05, 0.1) is 6.04 Å². The molecule has 0 radical (unpaired) electrons. The molecule has 1 aliphatic heterocycles. The van der Waals surface area contributed by atoms with E-state index in [1.807, 2.05) is 38.1 Å². The standard InChI is InChI=1S/C38H55N5O7/c1-9-38(7,8)25-19-28(33(46)40-27(16-22-14-15-22)30(44)32(39)45)43(20-25)34(47)31(37(4,5)6)42-36(49)41-29(21(2)3)35(48)50-26-17-23-12-10-11-13-24(23)18-26/h1,10-13,21-22,25-31,44H,14-20H2,2-8H3,(H2,39,45)(H,40,46)(H2,41,42,49)/t25-,27?,28+,29?,30?,31-/m1/s1. The molecule has 3 aliphatic rings. The molecule has 1 heterocycles. The van der Waals surface area contributed by atoms with Crippen LogP contribution in [0.15, 0.2) is 24.3 Å². The van der Waals surface area contributed by atoms with Crippen LogP contribution in [0.3, 0.4) is 0 Å². The molecular weight excluding hydrogens is 638 g/mol. The second-order valence-corrected chi connectivity index (χ2v) is 16.3. The van der Waals surface area contributed by atoms with E-state index in [4.69, 9.17) is 16.9 Å². The first-order chi connectivity index (χ1) is 23.3. The molecule has 12 nitrogen and oxygen atoms in total. The highest BCUT2D eigenvalue weighted by Gasteiger charge is 2.49. The lowest BCUT2D eigenvalue weighted by atomic mass is 9.78. The highest BCUT2D eigenvalue weighted by atomic mass is 16.5. The molecule has 4 rings (SSSR count). The summed E-state index contributed by atoms with van der Waals surface area (Å²) in [5.74, 6) is -0.0483. The number of nitrogens with one attached hydrogen (secondary N) is 3. The van der Waals surface area contributed by atoms with Gasteiger partial charge in [-0.25, -0.2) is 9.59 Å². The average Bonchev–Trinajstić information content (AvgIpc) is 3.57. The Morgan fingerprint density at radius 3 is 2.12 bits per heavy atom. The number of terminal acetylenes is 1. The van der Waals surface area contributed by atoms with E-state index in [0.717, 1.165) is 24.0 Å². The zero-order valence-electron chi connectivity index (χ0n) is 30.5. The first kappa shape index (κ1) is 38.7. The number of ether oxygens (including phenoxy) is 1. The van der Waals surface area contributed by atoms with E-state index in [9.17, 15) is 29.1 Å². The largest absolute Gasteiger partial charge is 0.460 e. The molecule has 50 heavy (non-hydrogen) atoms. The maximum absolute atomic E-state index is 14.4. The molecule has 12 heteroatoms. The van der Waals surface area contributed by atoms with Gasteiger partial charge < -0.3 is 36.4 Å². The Hall–Kier alpha value is -4.11. The topological polar surface area (TPSA) is 180 Å². The SMILES string of the molecule is C#CC(C)(C)[C@@H]1C[C@@H](C(=O)NC(CC2CC2)C(O)C(N)=O)N(C(=O)[C@@H](NC(=O)NC(C(=O)OC2Cc3ccccc3C2)C(C)C)C(C)(C)C)C1. The van der Waals surface area contributed by atoms with Gasteiger partial charge in [-0.1, -0.05) is 71.7 Å². The van der Waals surface area contributed by atoms with Gasteiger partial charge in [0.1, 0.15) is 24.2 Å². The number of primary amides is 1. The van der Waals surface area contributed by atoms with E-state index in [1.54, 1.807) is 34.6 Å². The Bertz CT molecular complexity index is 1470. The minimum Gasteiger partial charge on any atom is -0.460 e. The molecule has 2 fully saturated rings. The average molecular weight is 694 g/mol. The van der Waals surface area contributed by atoms with Crippen LogP contribution in [0.5, 0.6) is 0 Å². The number of benzene rings is 1. The van der Waals surface area contributed by atoms with E-state index < -0.39 is 70.8 Å². The predicted octanol–water partition coefficient (Wildman–Crippen LogP) is 2.44. The second-order valence-electron chi connectivity index (χ2n) is 16.3. The molecule has 1 aromatic rings. The summed E-state index contributed by atoms with van der Waals surface area (Å²) < 4.78 is 5.84. The summed E-state index contributed by atoms with van der Waals surface area (Å²) in [4.78, 5) is 68.6. The summed E-state index contributed by atoms with van der Waals surface area (Å²) in [5.41, 5.74) is 6.19. The third kappa shape index (κ3) is 9.36. The van der Waals surface area contributed by atoms with Crippen molar-refractivity contribution in [3.63, 3.8) is 0 Å². The number of fused-ring (bicyclic) bond motifs is 1. The number of aliphatic hydroxyl groups excluding tert-OH is 1. The normalized spacial score (nSPS) is 21.7. The molecule has 2 aliphatic carbocycles. The number of urea groups is 1. The Morgan fingerprint density at radius 2 is 1.62 bits per heavy atom. The zero-order chi connectivity index (χ0) is 37.1. The molecule has 1 saturated carbocycles. The molecule has 6 N–H and O–H groups in total. The minimum absolute atomic E-state index is 0.153. The van der Waals surface area contributed by atoms with Crippen molar-refractivity contribution < 1.29 is 33.8 Å². The van der Waals surface area contributed by atoms with Crippen molar-refractivity contribution in [2.24, 2.45) is 34.3 Å². The van der Waals surface area contributed by atoms with Gasteiger partial charge in [-0.3, -0.25) is 14.4 Å². The number of hydrogen-bond donors (Lipinski definition) is 5. The lowest BCUT2D eigenvalue weighted by Crippen LogP contribution is -2.61. The van der Waals surface area contributed by atoms with E-state index in [-0.39, 0.29) is 36.8 Å². The van der Waals surface area contributed by atoms with Gasteiger partial charge in [0.2, 0.25) is 17.7 Å². The number of aliphatic hydroxyl groups is 1. The molecule has 6 atom stereocenters. The number of esters is 1. The predicted molar refractivity (Wildman–Crippen MR) is 188 cm³/mol. The fourth-order valence-corrected chi connectivity index (χ4v) is 6.89. The van der Waals surface area contributed by atoms with Gasteiger partial charge in [-0.05, 0) is 61.0 Å². The summed E-state index contributed by atoms with van der Waals surface area (Å²) in [6.07, 6.45) is 7.63. The lowest BCUT2D eigenvalue weighted by Gasteiger charge is -2.36. The van der Waals surface area contributed by atoms with Crippen LogP contribution in [-0.2, 0) is 36.8 Å². The molecule has 0 aromatic heterocycles. The second kappa shape index (κ2) is 15.4. The first-order valence-electron chi connectivity index (χ1n) is 17.7. The number of amides is 5. The summed E-state index contributed by atoms with van der Waals surface area (Å²) in [6, 6.07) is 3.25. The van der Waals surface area contributed by atoms with Crippen molar-refractivity contribution in [1.29, 1.82) is 0 Å². The number of carbonyl (C=O) groups is 5. The fourth-order valence-electron chi connectivity index (χ4n) is 6.89. The quantitative estimate of drug-likeness (QED) is 0.156. The Labute approximate surface area is 296 Å². The Morgan fingerprint density at radius 1 is 1.02 bits per heavy atom. The van der Waals surface area contributed by atoms with E-state index in [2.05, 4.69) is 21.9 Å². The molecule has 5 amide bonds. The van der Waals surface area contributed by atoms with Crippen LogP contribution < -0.4 is 21.7 Å². The molecule has 274 valence electrons. The summed E-state index contributed by atoms with van der Waals surface area (Å²) in [6.45, 7) is 12.9. The van der Waals surface area contributed by atoms with E-state index in [1.165, 1.54) is 4.90 Å². The van der Waals surface area contributed by atoms with Crippen molar-refractivity contribution in [2.45, 2.75) is 123 Å². The van der Waals surface area contributed by atoms with Gasteiger partial charge >= 0.3 is 12.0 Å². The number of carbonyl (C=O) groups excluding carboxylic acids is 5. The molecular formula is C38H55N5O7. The van der Waals surface area contributed by atoms with Crippen LogP contribution in [0.1, 0.15) is 85.3 Å². The first-order valence-corrected chi connectivity index (χ1v) is 17.7. The Kier molecular flexibility index (Phi) is 11.9. The van der Waals surface area contributed by atoms with Crippen LogP contribution in [-0.4, -0.2) is 82.6 Å². The van der Waals surface area contributed by atoms with Gasteiger partial charge in [0.25, 0.3) is 0 Å². The third-order valence-corrected chi connectivity index (χ3v) is 10.5. The van der Waals surface area contributed by atoms with E-state index >= 15 is 0 Å². The monoisotopic (exact) mass is 693 g/mol. The number of likely N-dealkylation sites (tertiary alicyclic amines) is 1. The molecule has 1 aromatic carbocycles. The number of rotatable bonds is 13. The maximum Gasteiger partial charge on any atom is 0.329 e. The number of hydrogen-bond acceptors (Lipinski definition) is 7. The van der Waals surface area contributed by atoms with Gasteiger partial charge in [-0.15, -0.1) is 12.3 Å². The van der Waals surface area contributed by atoms with Crippen LogP contribution >= 0.6 is 0 Å². The van der Waals surface area contributed by atoms with Crippen molar-refractivity contribution in [3.8, 4) is 12.3 Å². The van der Waals surface area contributed by atoms with Gasteiger partial charge in [-0.2, -0.15) is 0 Å². The van der Waals surface area contributed by atoms with Crippen molar-refractivity contribution >= 4 is 29.7 Å². The minimum atomic E-state index is -1.58. The number of nitrogens with zero attached hydrogens (tertiary/aromatic N) is 1. The molecule has 3 unspecified atom stereocenters. The summed E-state index contributed by atoms with van der Waals surface area (Å²) >= 11 is 0. The summed E-state index contributed by atoms with van der Waals surface area (Å²) in [5, 5.41) is 18.9. The van der Waals surface area contributed by atoms with Crippen molar-refractivity contribution in [1.82, 2.24) is 20.9 Å². The van der Waals surface area contributed by atoms with Crippen molar-refractivity contribution in [3.05, 3.63) is 35.4 Å². The van der Waals surface area contributed by atoms with Crippen LogP contribution in [0.4, 0.5) is 4.79 Å². The Balaban J connectivity index is 1.50. The van der Waals surface area contributed by atoms with Gasteiger partial charge in [0, 0.05) is 24.8 Å². The van der Waals surface area contributed by atoms with Crippen LogP contribution in [0.2, 0.25) is 0 Å². The van der Waals surface area contributed by atoms with Crippen LogP contribution in [0.25, 0.3) is 0 Å². The third-order valence-electron chi connectivity index (χ3n) is 10.5. The van der Waals surface area contributed by atoms with Crippen molar-refractivity contribution in [2.75, 3.05) is 6.54 Å². The highest BCUT2D eigenvalue weighted by Crippen LogP contribution is 2.39. The fraction of sp³-hybridized carbons (Fsp3) is 0.658.